The minimum atomic E-state index is -0.512. The Kier molecular flexibility index (Phi) is 4.56. The zero-order valence-corrected chi connectivity index (χ0v) is 16.3. The number of fused-ring (bicyclic) bond motifs is 1. The summed E-state index contributed by atoms with van der Waals surface area (Å²) in [6, 6.07) is 4.51. The predicted octanol–water partition coefficient (Wildman–Crippen LogP) is 4.03. The smallest absolute Gasteiger partial charge is 0.271 e. The number of aryl methyl sites for hydroxylation is 2. The van der Waals surface area contributed by atoms with Crippen molar-refractivity contribution in [1.82, 2.24) is 14.6 Å². The van der Waals surface area contributed by atoms with Crippen molar-refractivity contribution >= 4 is 54.8 Å². The minimum Gasteiger partial charge on any atom is -0.320 e. The maximum Gasteiger partial charge on any atom is 0.271 e. The highest BCUT2D eigenvalue weighted by Gasteiger charge is 2.20. The molecule has 0 aliphatic heterocycles. The number of non-ortho nitro benzene ring substituents is 1. The second-order valence-electron chi connectivity index (χ2n) is 5.33. The standard InChI is InChI=1S/C15H11Br2N5O3/c1-7-3-8(2)21-14(19-7)10(6-18-21)15(23)20-13-11(16)4-9(22(24)25)5-12(13)17/h3-6H,1-2H3,(H,20,23). The van der Waals surface area contributed by atoms with Gasteiger partial charge in [-0.15, -0.1) is 0 Å². The van der Waals surface area contributed by atoms with E-state index < -0.39 is 10.8 Å². The van der Waals surface area contributed by atoms with Crippen molar-refractivity contribution in [2.75, 3.05) is 5.32 Å². The van der Waals surface area contributed by atoms with Crippen molar-refractivity contribution in [2.24, 2.45) is 0 Å². The lowest BCUT2D eigenvalue weighted by molar-refractivity contribution is -0.385. The van der Waals surface area contributed by atoms with Crippen molar-refractivity contribution in [3.05, 3.63) is 60.4 Å². The first kappa shape index (κ1) is 17.5. The van der Waals surface area contributed by atoms with E-state index in [1.807, 2.05) is 19.9 Å². The van der Waals surface area contributed by atoms with Crippen molar-refractivity contribution in [3.63, 3.8) is 0 Å². The number of halogens is 2. The molecule has 2 heterocycles. The third kappa shape index (κ3) is 3.27. The molecule has 0 bridgehead atoms. The van der Waals surface area contributed by atoms with Gasteiger partial charge in [-0.05, 0) is 51.8 Å². The lowest BCUT2D eigenvalue weighted by Gasteiger charge is -2.09. The Balaban J connectivity index is 2.00. The molecular formula is C15H11Br2N5O3. The molecule has 0 unspecified atom stereocenters. The molecule has 1 amide bonds. The van der Waals surface area contributed by atoms with Crippen molar-refractivity contribution in [3.8, 4) is 0 Å². The number of carbonyl (C=O) groups excluding carboxylic acids is 1. The van der Waals surface area contributed by atoms with Gasteiger partial charge < -0.3 is 5.32 Å². The van der Waals surface area contributed by atoms with Gasteiger partial charge in [-0.25, -0.2) is 9.50 Å². The Morgan fingerprint density at radius 3 is 2.48 bits per heavy atom. The number of carbonyl (C=O) groups is 1. The van der Waals surface area contributed by atoms with Crippen LogP contribution in [0.5, 0.6) is 0 Å². The minimum absolute atomic E-state index is 0.0966. The largest absolute Gasteiger partial charge is 0.320 e. The average Bonchev–Trinajstić information content (AvgIpc) is 2.94. The molecule has 0 fully saturated rings. The number of nitro benzene ring substituents is 1. The summed E-state index contributed by atoms with van der Waals surface area (Å²) < 4.78 is 2.36. The molecular weight excluding hydrogens is 458 g/mol. The zero-order chi connectivity index (χ0) is 18.3. The van der Waals surface area contributed by atoms with Crippen molar-refractivity contribution in [2.45, 2.75) is 13.8 Å². The van der Waals surface area contributed by atoms with Crippen LogP contribution < -0.4 is 5.32 Å². The van der Waals surface area contributed by atoms with Crippen LogP contribution in [0.3, 0.4) is 0 Å². The molecule has 0 aliphatic carbocycles. The van der Waals surface area contributed by atoms with E-state index in [1.165, 1.54) is 18.3 Å². The number of hydrogen-bond donors (Lipinski definition) is 1. The second-order valence-corrected chi connectivity index (χ2v) is 7.04. The van der Waals surface area contributed by atoms with Gasteiger partial charge in [0.1, 0.15) is 5.56 Å². The number of nitro groups is 1. The number of benzene rings is 1. The highest BCUT2D eigenvalue weighted by molar-refractivity contribution is 9.11. The highest BCUT2D eigenvalue weighted by Crippen LogP contribution is 2.35. The molecule has 128 valence electrons. The van der Waals surface area contributed by atoms with Gasteiger partial charge in [0.05, 0.1) is 16.8 Å². The summed E-state index contributed by atoms with van der Waals surface area (Å²) in [7, 11) is 0. The maximum absolute atomic E-state index is 12.7. The fraction of sp³-hybridized carbons (Fsp3) is 0.133. The summed E-state index contributed by atoms with van der Waals surface area (Å²) in [6.45, 7) is 3.71. The molecule has 0 radical (unpaired) electrons. The van der Waals surface area contributed by atoms with Gasteiger partial charge in [0.25, 0.3) is 11.6 Å². The van der Waals surface area contributed by atoms with Crippen LogP contribution in [0.25, 0.3) is 5.65 Å². The molecule has 0 saturated heterocycles. The van der Waals surface area contributed by atoms with Crippen molar-refractivity contribution in [1.29, 1.82) is 0 Å². The molecule has 3 aromatic rings. The SMILES string of the molecule is Cc1cc(C)n2ncc(C(=O)Nc3c(Br)cc([N+](=O)[O-])cc3Br)c2n1. The highest BCUT2D eigenvalue weighted by atomic mass is 79.9. The molecule has 0 saturated carbocycles. The second kappa shape index (κ2) is 6.52. The monoisotopic (exact) mass is 467 g/mol. The van der Waals surface area contributed by atoms with Crippen LogP contribution in [0.4, 0.5) is 11.4 Å². The van der Waals surface area contributed by atoms with Gasteiger partial charge in [-0.1, -0.05) is 0 Å². The number of aromatic nitrogens is 3. The van der Waals surface area contributed by atoms with E-state index in [0.29, 0.717) is 25.8 Å². The van der Waals surface area contributed by atoms with E-state index in [4.69, 9.17) is 0 Å². The summed E-state index contributed by atoms with van der Waals surface area (Å²) in [5.74, 6) is -0.414. The average molecular weight is 469 g/mol. The van der Waals surface area contributed by atoms with E-state index in [-0.39, 0.29) is 5.69 Å². The molecule has 25 heavy (non-hydrogen) atoms. The van der Waals surface area contributed by atoms with Gasteiger partial charge in [0.15, 0.2) is 5.65 Å². The summed E-state index contributed by atoms with van der Waals surface area (Å²) in [6.07, 6.45) is 1.44. The van der Waals surface area contributed by atoms with Gasteiger partial charge >= 0.3 is 0 Å². The lowest BCUT2D eigenvalue weighted by Crippen LogP contribution is -2.13. The molecule has 0 spiro atoms. The summed E-state index contributed by atoms with van der Waals surface area (Å²) in [4.78, 5) is 27.4. The van der Waals surface area contributed by atoms with Crippen LogP contribution in [0.15, 0.2) is 33.3 Å². The third-order valence-corrected chi connectivity index (χ3v) is 4.75. The Morgan fingerprint density at radius 2 is 1.88 bits per heavy atom. The number of anilines is 1. The summed E-state index contributed by atoms with van der Waals surface area (Å²) in [5.41, 5.74) is 2.68. The Hall–Kier alpha value is -2.33. The van der Waals surface area contributed by atoms with Gasteiger partial charge in [-0.2, -0.15) is 5.10 Å². The topological polar surface area (TPSA) is 102 Å². The first-order valence-electron chi connectivity index (χ1n) is 7.04. The van der Waals surface area contributed by atoms with E-state index in [1.54, 1.807) is 4.52 Å². The zero-order valence-electron chi connectivity index (χ0n) is 13.1. The van der Waals surface area contributed by atoms with E-state index in [9.17, 15) is 14.9 Å². The van der Waals surface area contributed by atoms with Crippen LogP contribution in [0.2, 0.25) is 0 Å². The molecule has 0 atom stereocenters. The fourth-order valence-electron chi connectivity index (χ4n) is 2.40. The Bertz CT molecular complexity index is 1010. The maximum atomic E-state index is 12.7. The molecule has 1 N–H and O–H groups in total. The number of hydrogen-bond acceptors (Lipinski definition) is 5. The molecule has 10 heteroatoms. The van der Waals surface area contributed by atoms with Gasteiger partial charge in [-0.3, -0.25) is 14.9 Å². The molecule has 2 aromatic heterocycles. The Labute approximate surface area is 158 Å². The lowest BCUT2D eigenvalue weighted by atomic mass is 10.2. The van der Waals surface area contributed by atoms with Crippen LogP contribution in [0, 0.1) is 24.0 Å². The van der Waals surface area contributed by atoms with Crippen LogP contribution in [-0.4, -0.2) is 25.4 Å². The fourth-order valence-corrected chi connectivity index (χ4v) is 3.76. The number of amides is 1. The Morgan fingerprint density at radius 1 is 1.24 bits per heavy atom. The number of nitrogens with zero attached hydrogens (tertiary/aromatic N) is 4. The third-order valence-electron chi connectivity index (χ3n) is 3.50. The van der Waals surface area contributed by atoms with Crippen molar-refractivity contribution < 1.29 is 9.72 Å². The van der Waals surface area contributed by atoms with Crippen LogP contribution >= 0.6 is 31.9 Å². The van der Waals surface area contributed by atoms with E-state index in [2.05, 4.69) is 47.3 Å². The first-order valence-corrected chi connectivity index (χ1v) is 8.63. The quantitative estimate of drug-likeness (QED) is 0.461. The number of rotatable bonds is 3. The molecule has 3 rings (SSSR count). The predicted molar refractivity (Wildman–Crippen MR) is 98.9 cm³/mol. The first-order chi connectivity index (χ1) is 11.8. The normalized spacial score (nSPS) is 10.9. The van der Waals surface area contributed by atoms with E-state index >= 15 is 0 Å². The van der Waals surface area contributed by atoms with Crippen LogP contribution in [-0.2, 0) is 0 Å². The van der Waals surface area contributed by atoms with Crippen LogP contribution in [0.1, 0.15) is 21.7 Å². The van der Waals surface area contributed by atoms with E-state index in [0.717, 1.165) is 11.4 Å². The molecule has 8 nitrogen and oxygen atoms in total. The summed E-state index contributed by atoms with van der Waals surface area (Å²) in [5, 5.41) is 17.8. The van der Waals surface area contributed by atoms with Gasteiger partial charge in [0.2, 0.25) is 0 Å². The molecule has 1 aromatic carbocycles. The molecule has 0 aliphatic rings. The van der Waals surface area contributed by atoms with Gasteiger partial charge in [0, 0.05) is 32.5 Å². The number of nitrogens with one attached hydrogen (secondary N) is 1. The summed E-state index contributed by atoms with van der Waals surface area (Å²) >= 11 is 6.49.